The van der Waals surface area contributed by atoms with Crippen molar-refractivity contribution in [3.63, 3.8) is 0 Å². The number of nitrogens with zero attached hydrogens (tertiary/aromatic N) is 1. The van der Waals surface area contributed by atoms with E-state index in [2.05, 4.69) is 21.2 Å². The fourth-order valence-corrected chi connectivity index (χ4v) is 3.93. The first-order chi connectivity index (χ1) is 15.3. The number of aryl methyl sites for hydroxylation is 1. The van der Waals surface area contributed by atoms with Crippen LogP contribution in [0.1, 0.15) is 22.3 Å². The zero-order valence-electron chi connectivity index (χ0n) is 17.4. The molecular formula is C25H19BrClFN2O2. The Hall–Kier alpha value is -3.14. The molecule has 0 aliphatic rings. The van der Waals surface area contributed by atoms with Gasteiger partial charge in [-0.05, 0) is 66.1 Å². The molecule has 1 amide bonds. The number of hydrogen-bond donors (Lipinski definition) is 1. The summed E-state index contributed by atoms with van der Waals surface area (Å²) in [7, 11) is 1.53. The summed E-state index contributed by atoms with van der Waals surface area (Å²) >= 11 is 9.54. The highest BCUT2D eigenvalue weighted by atomic mass is 79.9. The topological polar surface area (TPSA) is 62.1 Å². The second-order valence-corrected chi connectivity index (χ2v) is 8.36. The Balaban J connectivity index is 1.90. The number of hydrogen-bond acceptors (Lipinski definition) is 3. The number of methoxy groups -OCH3 is 1. The molecule has 0 saturated carbocycles. The highest BCUT2D eigenvalue weighted by molar-refractivity contribution is 9.10. The van der Waals surface area contributed by atoms with Gasteiger partial charge in [-0.1, -0.05) is 45.7 Å². The molecule has 3 aromatic rings. The number of benzene rings is 3. The normalized spacial score (nSPS) is 11.1. The van der Waals surface area contributed by atoms with Crippen LogP contribution in [0.15, 0.2) is 64.6 Å². The molecule has 0 aromatic heterocycles. The third kappa shape index (κ3) is 5.76. The lowest BCUT2D eigenvalue weighted by Crippen LogP contribution is -2.14. The van der Waals surface area contributed by atoms with Gasteiger partial charge in [-0.15, -0.1) is 0 Å². The Morgan fingerprint density at radius 2 is 2.03 bits per heavy atom. The number of anilines is 1. The molecule has 0 heterocycles. The van der Waals surface area contributed by atoms with Crippen molar-refractivity contribution < 1.29 is 13.9 Å². The van der Waals surface area contributed by atoms with E-state index in [9.17, 15) is 14.4 Å². The van der Waals surface area contributed by atoms with E-state index in [4.69, 9.17) is 16.3 Å². The molecule has 0 aliphatic heterocycles. The Labute approximate surface area is 199 Å². The maximum Gasteiger partial charge on any atom is 0.266 e. The van der Waals surface area contributed by atoms with Crippen LogP contribution in [-0.4, -0.2) is 13.0 Å². The number of rotatable bonds is 6. The second-order valence-electron chi connectivity index (χ2n) is 7.07. The lowest BCUT2D eigenvalue weighted by atomic mass is 10.0. The number of carbonyl (C=O) groups is 1. The van der Waals surface area contributed by atoms with Gasteiger partial charge in [-0.25, -0.2) is 4.39 Å². The summed E-state index contributed by atoms with van der Waals surface area (Å²) < 4.78 is 19.8. The van der Waals surface area contributed by atoms with E-state index in [1.165, 1.54) is 25.3 Å². The van der Waals surface area contributed by atoms with Gasteiger partial charge in [0.15, 0.2) is 0 Å². The maximum atomic E-state index is 13.6. The maximum absolute atomic E-state index is 13.6. The van der Waals surface area contributed by atoms with Crippen molar-refractivity contribution in [2.45, 2.75) is 13.3 Å². The summed E-state index contributed by atoms with van der Waals surface area (Å²) in [5.41, 5.74) is 3.51. The van der Waals surface area contributed by atoms with Crippen LogP contribution in [0, 0.1) is 24.1 Å². The molecule has 0 spiro atoms. The van der Waals surface area contributed by atoms with Crippen LogP contribution < -0.4 is 10.1 Å². The fourth-order valence-electron chi connectivity index (χ4n) is 3.15. The Morgan fingerprint density at radius 3 is 2.72 bits per heavy atom. The fraction of sp³-hybridized carbons (Fsp3) is 0.120. The minimum absolute atomic E-state index is 0.0730. The molecule has 0 radical (unpaired) electrons. The number of halogens is 3. The van der Waals surface area contributed by atoms with E-state index in [0.29, 0.717) is 28.4 Å². The van der Waals surface area contributed by atoms with Crippen LogP contribution in [-0.2, 0) is 11.2 Å². The number of amides is 1. The summed E-state index contributed by atoms with van der Waals surface area (Å²) in [6, 6.07) is 16.9. The molecule has 0 bridgehead atoms. The van der Waals surface area contributed by atoms with Crippen molar-refractivity contribution in [3.8, 4) is 11.8 Å². The first-order valence-electron chi connectivity index (χ1n) is 9.61. The third-order valence-corrected chi connectivity index (χ3v) is 5.73. The van der Waals surface area contributed by atoms with E-state index >= 15 is 0 Å². The average molecular weight is 514 g/mol. The summed E-state index contributed by atoms with van der Waals surface area (Å²) in [4.78, 5) is 12.7. The van der Waals surface area contributed by atoms with Gasteiger partial charge >= 0.3 is 0 Å². The quantitative estimate of drug-likeness (QED) is 0.295. The van der Waals surface area contributed by atoms with Crippen LogP contribution >= 0.6 is 27.5 Å². The van der Waals surface area contributed by atoms with Gasteiger partial charge in [0.2, 0.25) is 0 Å². The Kier molecular flexibility index (Phi) is 7.68. The largest absolute Gasteiger partial charge is 0.496 e. The molecule has 3 aromatic carbocycles. The first-order valence-corrected chi connectivity index (χ1v) is 10.8. The van der Waals surface area contributed by atoms with Crippen LogP contribution in [0.25, 0.3) is 6.08 Å². The zero-order chi connectivity index (χ0) is 23.3. The summed E-state index contributed by atoms with van der Waals surface area (Å²) in [6.45, 7) is 1.83. The monoisotopic (exact) mass is 512 g/mol. The first kappa shape index (κ1) is 23.5. The van der Waals surface area contributed by atoms with E-state index in [-0.39, 0.29) is 11.4 Å². The average Bonchev–Trinajstić information content (AvgIpc) is 2.76. The molecule has 0 atom stereocenters. The van der Waals surface area contributed by atoms with Gasteiger partial charge in [0.1, 0.15) is 23.2 Å². The number of nitriles is 1. The van der Waals surface area contributed by atoms with Crippen molar-refractivity contribution in [1.82, 2.24) is 0 Å². The Bertz CT molecular complexity index is 1250. The zero-order valence-corrected chi connectivity index (χ0v) is 19.7. The minimum Gasteiger partial charge on any atom is -0.496 e. The van der Waals surface area contributed by atoms with Crippen molar-refractivity contribution in [3.05, 3.63) is 97.7 Å². The van der Waals surface area contributed by atoms with Gasteiger partial charge in [0, 0.05) is 27.2 Å². The van der Waals surface area contributed by atoms with Gasteiger partial charge in [-0.3, -0.25) is 4.79 Å². The summed E-state index contributed by atoms with van der Waals surface area (Å²) in [6.07, 6.45) is 1.93. The Morgan fingerprint density at radius 1 is 1.25 bits per heavy atom. The minimum atomic E-state index is -0.545. The molecule has 162 valence electrons. The van der Waals surface area contributed by atoms with Crippen LogP contribution in [0.2, 0.25) is 5.02 Å². The van der Waals surface area contributed by atoms with Gasteiger partial charge < -0.3 is 10.1 Å². The molecule has 0 saturated heterocycles. The van der Waals surface area contributed by atoms with Gasteiger partial charge in [-0.2, -0.15) is 5.26 Å². The molecule has 32 heavy (non-hydrogen) atoms. The second kappa shape index (κ2) is 10.4. The standard InChI is InChI=1S/C25H19BrClFN2O2/c1-15-6-7-19(27)13-23(15)30-25(31)18(14-29)8-17-11-22(26)21(24(12-17)32-2)10-16-4-3-5-20(28)9-16/h3-9,11-13H,10H2,1-2H3,(H,30,31)/b18-8+. The lowest BCUT2D eigenvalue weighted by molar-refractivity contribution is -0.112. The van der Waals surface area contributed by atoms with Crippen molar-refractivity contribution >= 4 is 45.2 Å². The molecule has 1 N–H and O–H groups in total. The predicted octanol–water partition coefficient (Wildman–Crippen LogP) is 6.70. The van der Waals surface area contributed by atoms with Gasteiger partial charge in [0.05, 0.1) is 7.11 Å². The summed E-state index contributed by atoms with van der Waals surface area (Å²) in [5.74, 6) is -0.299. The SMILES string of the molecule is COc1cc(/C=C(\C#N)C(=O)Nc2cc(Cl)ccc2C)cc(Br)c1Cc1cccc(F)c1. The molecule has 0 unspecified atom stereocenters. The molecule has 7 heteroatoms. The number of nitrogens with one attached hydrogen (secondary N) is 1. The van der Waals surface area contributed by atoms with Crippen molar-refractivity contribution in [2.24, 2.45) is 0 Å². The van der Waals surface area contributed by atoms with Crippen LogP contribution in [0.5, 0.6) is 5.75 Å². The van der Waals surface area contributed by atoms with E-state index in [1.807, 2.05) is 19.1 Å². The van der Waals surface area contributed by atoms with E-state index in [1.54, 1.807) is 36.4 Å². The molecule has 3 rings (SSSR count). The van der Waals surface area contributed by atoms with E-state index < -0.39 is 5.91 Å². The molecule has 4 nitrogen and oxygen atoms in total. The smallest absolute Gasteiger partial charge is 0.266 e. The summed E-state index contributed by atoms with van der Waals surface area (Å²) in [5, 5.41) is 12.8. The third-order valence-electron chi connectivity index (χ3n) is 4.79. The highest BCUT2D eigenvalue weighted by Crippen LogP contribution is 2.32. The van der Waals surface area contributed by atoms with Crippen LogP contribution in [0.4, 0.5) is 10.1 Å². The van der Waals surface area contributed by atoms with Gasteiger partial charge in [0.25, 0.3) is 5.91 Å². The number of carbonyl (C=O) groups excluding carboxylic acids is 1. The molecule has 0 fully saturated rings. The lowest BCUT2D eigenvalue weighted by Gasteiger charge is -2.13. The van der Waals surface area contributed by atoms with Crippen LogP contribution in [0.3, 0.4) is 0 Å². The van der Waals surface area contributed by atoms with Crippen molar-refractivity contribution in [2.75, 3.05) is 12.4 Å². The molecule has 0 aliphatic carbocycles. The van der Waals surface area contributed by atoms with E-state index in [0.717, 1.165) is 21.2 Å². The molecular weight excluding hydrogens is 495 g/mol. The highest BCUT2D eigenvalue weighted by Gasteiger charge is 2.14. The number of ether oxygens (including phenoxy) is 1. The van der Waals surface area contributed by atoms with Crippen molar-refractivity contribution in [1.29, 1.82) is 5.26 Å². The predicted molar refractivity (Wildman–Crippen MR) is 128 cm³/mol.